The number of hydrogen-bond acceptors (Lipinski definition) is 4. The Kier molecular flexibility index (Phi) is 5.64. The Morgan fingerprint density at radius 1 is 1.24 bits per heavy atom. The van der Waals surface area contributed by atoms with Crippen molar-refractivity contribution >= 4 is 17.4 Å². The Morgan fingerprint density at radius 3 is 2.62 bits per heavy atom. The molecule has 0 atom stereocenters. The van der Waals surface area contributed by atoms with Gasteiger partial charge in [-0.05, 0) is 24.4 Å². The summed E-state index contributed by atoms with van der Waals surface area (Å²) in [5.74, 6) is 0.0505. The fraction of sp³-hybridized carbons (Fsp3) is 0.692. The van der Waals surface area contributed by atoms with Gasteiger partial charge in [-0.15, -0.1) is 0 Å². The molecule has 0 spiro atoms. The molecule has 0 amide bonds. The van der Waals surface area contributed by atoms with Gasteiger partial charge in [-0.2, -0.15) is 13.2 Å². The van der Waals surface area contributed by atoms with Crippen LogP contribution in [0.4, 0.5) is 19.0 Å². The van der Waals surface area contributed by atoms with E-state index in [0.717, 1.165) is 18.9 Å². The van der Waals surface area contributed by atoms with Crippen molar-refractivity contribution in [3.05, 3.63) is 17.0 Å². The molecule has 0 aromatic carbocycles. The molecule has 21 heavy (non-hydrogen) atoms. The standard InChI is InChI=1S/C13H17ClF3N3O/c14-12-19-10(13(15,16)17)8-11(20-12)18-6-7-21-9-4-2-1-3-5-9/h8-9H,1-7H2,(H,18,19,20). The van der Waals surface area contributed by atoms with E-state index in [1.165, 1.54) is 19.3 Å². The molecular weight excluding hydrogens is 307 g/mol. The molecule has 8 heteroatoms. The highest BCUT2D eigenvalue weighted by atomic mass is 35.5. The fourth-order valence-corrected chi connectivity index (χ4v) is 2.47. The maximum absolute atomic E-state index is 12.6. The molecule has 1 heterocycles. The van der Waals surface area contributed by atoms with Gasteiger partial charge in [0.2, 0.25) is 5.28 Å². The average molecular weight is 324 g/mol. The van der Waals surface area contributed by atoms with Crippen LogP contribution in [0.5, 0.6) is 0 Å². The maximum Gasteiger partial charge on any atom is 0.433 e. The summed E-state index contributed by atoms with van der Waals surface area (Å²) >= 11 is 5.50. The molecule has 0 unspecified atom stereocenters. The minimum absolute atomic E-state index is 0.0505. The topological polar surface area (TPSA) is 47.0 Å². The summed E-state index contributed by atoms with van der Waals surface area (Å²) in [6.45, 7) is 0.800. The first-order valence-corrected chi connectivity index (χ1v) is 7.30. The van der Waals surface area contributed by atoms with Crippen molar-refractivity contribution in [1.29, 1.82) is 0 Å². The van der Waals surface area contributed by atoms with E-state index in [1.807, 2.05) is 0 Å². The molecule has 4 nitrogen and oxygen atoms in total. The first-order valence-electron chi connectivity index (χ1n) is 6.92. The number of nitrogens with one attached hydrogen (secondary N) is 1. The monoisotopic (exact) mass is 323 g/mol. The summed E-state index contributed by atoms with van der Waals surface area (Å²) < 4.78 is 43.4. The normalized spacial score (nSPS) is 17.0. The lowest BCUT2D eigenvalue weighted by molar-refractivity contribution is -0.141. The van der Waals surface area contributed by atoms with E-state index in [2.05, 4.69) is 15.3 Å². The second-order valence-corrected chi connectivity index (χ2v) is 5.30. The van der Waals surface area contributed by atoms with Gasteiger partial charge in [-0.25, -0.2) is 9.97 Å². The smallest absolute Gasteiger partial charge is 0.376 e. The zero-order valence-corrected chi connectivity index (χ0v) is 12.2. The van der Waals surface area contributed by atoms with Crippen LogP contribution in [0.25, 0.3) is 0 Å². The van der Waals surface area contributed by atoms with E-state index in [4.69, 9.17) is 16.3 Å². The van der Waals surface area contributed by atoms with Gasteiger partial charge in [0, 0.05) is 12.6 Å². The van der Waals surface area contributed by atoms with Crippen molar-refractivity contribution in [1.82, 2.24) is 9.97 Å². The van der Waals surface area contributed by atoms with Crippen molar-refractivity contribution in [2.24, 2.45) is 0 Å². The van der Waals surface area contributed by atoms with Crippen molar-refractivity contribution in [3.63, 3.8) is 0 Å². The minimum Gasteiger partial charge on any atom is -0.376 e. The molecule has 1 aromatic rings. The van der Waals surface area contributed by atoms with Crippen molar-refractivity contribution in [3.8, 4) is 0 Å². The lowest BCUT2D eigenvalue weighted by Gasteiger charge is -2.22. The highest BCUT2D eigenvalue weighted by Gasteiger charge is 2.33. The minimum atomic E-state index is -4.54. The first kappa shape index (κ1) is 16.3. The van der Waals surface area contributed by atoms with Gasteiger partial charge in [-0.1, -0.05) is 19.3 Å². The lowest BCUT2D eigenvalue weighted by Crippen LogP contribution is -2.21. The van der Waals surface area contributed by atoms with Gasteiger partial charge in [0.05, 0.1) is 12.7 Å². The van der Waals surface area contributed by atoms with Crippen LogP contribution in [0, 0.1) is 0 Å². The molecular formula is C13H17ClF3N3O. The lowest BCUT2D eigenvalue weighted by atomic mass is 9.98. The molecule has 1 aromatic heterocycles. The van der Waals surface area contributed by atoms with E-state index < -0.39 is 17.2 Å². The average Bonchev–Trinajstić information content (AvgIpc) is 2.43. The number of aromatic nitrogens is 2. The molecule has 1 N–H and O–H groups in total. The van der Waals surface area contributed by atoms with E-state index >= 15 is 0 Å². The summed E-state index contributed by atoms with van der Waals surface area (Å²) in [5, 5.41) is 2.35. The predicted molar refractivity (Wildman–Crippen MR) is 73.4 cm³/mol. The highest BCUT2D eigenvalue weighted by molar-refractivity contribution is 6.28. The Labute approximate surface area is 126 Å². The van der Waals surface area contributed by atoms with Crippen LogP contribution in [0.3, 0.4) is 0 Å². The molecule has 1 saturated carbocycles. The zero-order valence-electron chi connectivity index (χ0n) is 11.4. The number of hydrogen-bond donors (Lipinski definition) is 1. The van der Waals surface area contributed by atoms with Gasteiger partial charge in [0.15, 0.2) is 5.69 Å². The van der Waals surface area contributed by atoms with E-state index in [1.54, 1.807) is 0 Å². The third-order valence-electron chi connectivity index (χ3n) is 3.30. The summed E-state index contributed by atoms with van der Waals surface area (Å²) in [6.07, 6.45) is 1.43. The molecule has 0 aliphatic heterocycles. The third-order valence-corrected chi connectivity index (χ3v) is 3.47. The van der Waals surface area contributed by atoms with Crippen molar-refractivity contribution in [2.45, 2.75) is 44.4 Å². The largest absolute Gasteiger partial charge is 0.433 e. The SMILES string of the molecule is FC(F)(F)c1cc(NCCOC2CCCCC2)nc(Cl)n1. The molecule has 0 saturated heterocycles. The number of rotatable bonds is 5. The maximum atomic E-state index is 12.6. The van der Waals surface area contributed by atoms with E-state index in [0.29, 0.717) is 13.2 Å². The summed E-state index contributed by atoms with van der Waals surface area (Å²) in [5.41, 5.74) is -1.06. The molecule has 1 aliphatic rings. The summed E-state index contributed by atoms with van der Waals surface area (Å²) in [6, 6.07) is 0.840. The van der Waals surface area contributed by atoms with Gasteiger partial charge in [-0.3, -0.25) is 0 Å². The van der Waals surface area contributed by atoms with Gasteiger partial charge in [0.25, 0.3) is 0 Å². The Balaban J connectivity index is 1.81. The molecule has 0 radical (unpaired) electrons. The second-order valence-electron chi connectivity index (χ2n) is 4.96. The zero-order chi connectivity index (χ0) is 15.3. The summed E-state index contributed by atoms with van der Waals surface area (Å²) in [7, 11) is 0. The Hall–Kier alpha value is -1.08. The molecule has 1 aliphatic carbocycles. The van der Waals surface area contributed by atoms with Crippen LogP contribution in [0.2, 0.25) is 5.28 Å². The molecule has 1 fully saturated rings. The van der Waals surface area contributed by atoms with Gasteiger partial charge >= 0.3 is 6.18 Å². The van der Waals surface area contributed by atoms with E-state index in [9.17, 15) is 13.2 Å². The van der Waals surface area contributed by atoms with Crippen LogP contribution >= 0.6 is 11.6 Å². The fourth-order valence-electron chi connectivity index (χ4n) is 2.29. The van der Waals surface area contributed by atoms with E-state index in [-0.39, 0.29) is 11.9 Å². The second kappa shape index (κ2) is 7.26. The van der Waals surface area contributed by atoms with Crippen molar-refractivity contribution in [2.75, 3.05) is 18.5 Å². The predicted octanol–water partition coefficient (Wildman–Crippen LogP) is 3.91. The highest BCUT2D eigenvalue weighted by Crippen LogP contribution is 2.29. The molecule has 2 rings (SSSR count). The Morgan fingerprint density at radius 2 is 1.95 bits per heavy atom. The van der Waals surface area contributed by atoms with Crippen LogP contribution < -0.4 is 5.32 Å². The van der Waals surface area contributed by atoms with Crippen LogP contribution in [-0.4, -0.2) is 29.2 Å². The quantitative estimate of drug-likeness (QED) is 0.659. The first-order chi connectivity index (χ1) is 9.95. The number of halogens is 4. The van der Waals surface area contributed by atoms with Gasteiger partial charge in [0.1, 0.15) is 5.82 Å². The molecule has 0 bridgehead atoms. The Bertz CT molecular complexity index is 464. The third kappa shape index (κ3) is 5.32. The number of ether oxygens (including phenoxy) is 1. The molecule has 118 valence electrons. The summed E-state index contributed by atoms with van der Waals surface area (Å²) in [4.78, 5) is 6.88. The van der Waals surface area contributed by atoms with Crippen molar-refractivity contribution < 1.29 is 17.9 Å². The number of alkyl halides is 3. The van der Waals surface area contributed by atoms with Crippen LogP contribution in [0.15, 0.2) is 6.07 Å². The van der Waals surface area contributed by atoms with Crippen LogP contribution in [0.1, 0.15) is 37.8 Å². The number of anilines is 1. The van der Waals surface area contributed by atoms with Gasteiger partial charge < -0.3 is 10.1 Å². The van der Waals surface area contributed by atoms with Crippen LogP contribution in [-0.2, 0) is 10.9 Å². The number of nitrogens with zero attached hydrogens (tertiary/aromatic N) is 2.